The maximum absolute atomic E-state index is 12.7. The fraction of sp³-hybridized carbons (Fsp3) is 0.238. The van der Waals surface area contributed by atoms with Gasteiger partial charge in [-0.15, -0.1) is 0 Å². The lowest BCUT2D eigenvalue weighted by Crippen LogP contribution is -2.51. The van der Waals surface area contributed by atoms with Crippen LogP contribution in [0.5, 0.6) is 5.75 Å². The molecule has 3 rings (SSSR count). The van der Waals surface area contributed by atoms with Crippen LogP contribution in [0.3, 0.4) is 0 Å². The number of rotatable bonds is 6. The average Bonchev–Trinajstić information content (AvgIpc) is 2.71. The van der Waals surface area contributed by atoms with Crippen LogP contribution in [-0.2, 0) is 16.1 Å². The summed E-state index contributed by atoms with van der Waals surface area (Å²) < 4.78 is 5.41. The molecule has 2 N–H and O–H groups in total. The monoisotopic (exact) mass is 396 g/mol. The normalized spacial score (nSPS) is 13.9. The molecule has 8 heteroatoms. The zero-order valence-corrected chi connectivity index (χ0v) is 16.0. The first-order chi connectivity index (χ1) is 13.8. The Morgan fingerprint density at radius 2 is 1.79 bits per heavy atom. The summed E-state index contributed by atoms with van der Waals surface area (Å²) in [5.74, 6) is -1.52. The van der Waals surface area contributed by atoms with Gasteiger partial charge in [0.15, 0.2) is 12.4 Å². The van der Waals surface area contributed by atoms with Gasteiger partial charge in [0.1, 0.15) is 11.8 Å². The van der Waals surface area contributed by atoms with E-state index in [1.165, 1.54) is 24.0 Å². The predicted molar refractivity (Wildman–Crippen MR) is 104 cm³/mol. The van der Waals surface area contributed by atoms with Crippen molar-refractivity contribution in [3.05, 3.63) is 59.2 Å². The van der Waals surface area contributed by atoms with Gasteiger partial charge < -0.3 is 15.2 Å². The first kappa shape index (κ1) is 20.1. The minimum Gasteiger partial charge on any atom is -0.482 e. The summed E-state index contributed by atoms with van der Waals surface area (Å²) in [6.07, 6.45) is 0. The van der Waals surface area contributed by atoms with Gasteiger partial charge in [0.2, 0.25) is 5.91 Å². The number of carbonyl (C=O) groups excluding carboxylic acids is 3. The zero-order chi connectivity index (χ0) is 21.1. The predicted octanol–water partition coefficient (Wildman–Crippen LogP) is 2.02. The third-order valence-electron chi connectivity index (χ3n) is 4.68. The Bertz CT molecular complexity index is 983. The summed E-state index contributed by atoms with van der Waals surface area (Å²) in [6, 6.07) is 10.1. The van der Waals surface area contributed by atoms with E-state index in [1.54, 1.807) is 37.3 Å². The number of carboxylic acid groups (broad SMARTS) is 1. The minimum absolute atomic E-state index is 0.158. The van der Waals surface area contributed by atoms with Gasteiger partial charge in [-0.05, 0) is 49.7 Å². The van der Waals surface area contributed by atoms with Crippen molar-refractivity contribution in [2.24, 2.45) is 0 Å². The number of anilines is 1. The van der Waals surface area contributed by atoms with E-state index in [-0.39, 0.29) is 36.3 Å². The molecular weight excluding hydrogens is 376 g/mol. The molecule has 2 amide bonds. The summed E-state index contributed by atoms with van der Waals surface area (Å²) in [7, 11) is 0. The molecule has 0 bridgehead atoms. The number of ether oxygens (including phenoxy) is 1. The molecule has 150 valence electrons. The number of ketones is 1. The van der Waals surface area contributed by atoms with Crippen LogP contribution in [-0.4, -0.2) is 41.3 Å². The molecule has 0 fully saturated rings. The Hall–Kier alpha value is -3.68. The van der Waals surface area contributed by atoms with Gasteiger partial charge in [0.25, 0.3) is 5.91 Å². The van der Waals surface area contributed by atoms with E-state index in [9.17, 15) is 19.2 Å². The van der Waals surface area contributed by atoms with E-state index in [0.717, 1.165) is 5.56 Å². The second-order valence-electron chi connectivity index (χ2n) is 6.69. The lowest BCUT2D eigenvalue weighted by atomic mass is 10.1. The molecule has 2 aromatic carbocycles. The molecule has 1 heterocycles. The Morgan fingerprint density at radius 3 is 2.41 bits per heavy atom. The quantitative estimate of drug-likeness (QED) is 0.723. The molecule has 8 nitrogen and oxygen atoms in total. The van der Waals surface area contributed by atoms with Crippen LogP contribution in [0.25, 0.3) is 0 Å². The number of hydrogen-bond acceptors (Lipinski definition) is 5. The number of nitrogens with zero attached hydrogens (tertiary/aromatic N) is 1. The second kappa shape index (κ2) is 8.14. The van der Waals surface area contributed by atoms with Crippen LogP contribution in [0.15, 0.2) is 42.5 Å². The summed E-state index contributed by atoms with van der Waals surface area (Å²) in [4.78, 5) is 49.0. The summed E-state index contributed by atoms with van der Waals surface area (Å²) >= 11 is 0. The van der Waals surface area contributed by atoms with Crippen LogP contribution in [0, 0.1) is 0 Å². The SMILES string of the molecule is CC(=O)c1ccc2c(c1)N(C(C)C(=O)NCc1ccc(C(=O)O)cc1)C(=O)CO2. The summed E-state index contributed by atoms with van der Waals surface area (Å²) in [5, 5.41) is 11.7. The van der Waals surface area contributed by atoms with Crippen molar-refractivity contribution in [3.8, 4) is 5.75 Å². The van der Waals surface area contributed by atoms with Gasteiger partial charge in [-0.3, -0.25) is 19.3 Å². The number of amides is 2. The highest BCUT2D eigenvalue weighted by atomic mass is 16.5. The molecule has 0 spiro atoms. The molecule has 0 aromatic heterocycles. The Balaban J connectivity index is 1.75. The third-order valence-corrected chi connectivity index (χ3v) is 4.68. The molecule has 1 unspecified atom stereocenters. The van der Waals surface area contributed by atoms with Crippen LogP contribution in [0.2, 0.25) is 0 Å². The van der Waals surface area contributed by atoms with E-state index in [4.69, 9.17) is 9.84 Å². The fourth-order valence-corrected chi connectivity index (χ4v) is 3.03. The standard InChI is InChI=1S/C21H20N2O6/c1-12(20(26)22-10-14-3-5-15(6-4-14)21(27)28)23-17-9-16(13(2)24)7-8-18(17)29-11-19(23)25/h3-9,12H,10-11H2,1-2H3,(H,22,26)(H,27,28). The van der Waals surface area contributed by atoms with E-state index in [0.29, 0.717) is 17.0 Å². The van der Waals surface area contributed by atoms with E-state index >= 15 is 0 Å². The van der Waals surface area contributed by atoms with Crippen molar-refractivity contribution >= 4 is 29.3 Å². The first-order valence-electron chi connectivity index (χ1n) is 8.97. The molecule has 29 heavy (non-hydrogen) atoms. The minimum atomic E-state index is -1.02. The molecular formula is C21H20N2O6. The zero-order valence-electron chi connectivity index (χ0n) is 16.0. The van der Waals surface area contributed by atoms with Gasteiger partial charge in [-0.1, -0.05) is 12.1 Å². The van der Waals surface area contributed by atoms with Gasteiger partial charge in [0, 0.05) is 12.1 Å². The van der Waals surface area contributed by atoms with Gasteiger partial charge in [-0.2, -0.15) is 0 Å². The van der Waals surface area contributed by atoms with Crippen molar-refractivity contribution in [1.82, 2.24) is 5.32 Å². The average molecular weight is 396 g/mol. The number of Topliss-reactive ketones (excluding diaryl/α,β-unsaturated/α-hetero) is 1. The molecule has 0 saturated carbocycles. The van der Waals surface area contributed by atoms with Gasteiger partial charge in [-0.25, -0.2) is 4.79 Å². The number of benzene rings is 2. The molecule has 1 aliphatic heterocycles. The number of carboxylic acids is 1. The number of hydrogen-bond donors (Lipinski definition) is 2. The van der Waals surface area contributed by atoms with Crippen molar-refractivity contribution < 1.29 is 29.0 Å². The van der Waals surface area contributed by atoms with Gasteiger partial charge >= 0.3 is 5.97 Å². The highest BCUT2D eigenvalue weighted by Crippen LogP contribution is 2.34. The van der Waals surface area contributed by atoms with Crippen LogP contribution in [0.4, 0.5) is 5.69 Å². The number of fused-ring (bicyclic) bond motifs is 1. The topological polar surface area (TPSA) is 113 Å². The summed E-state index contributed by atoms with van der Waals surface area (Å²) in [5.41, 5.74) is 1.67. The smallest absolute Gasteiger partial charge is 0.335 e. The molecule has 0 radical (unpaired) electrons. The Kier molecular flexibility index (Phi) is 5.63. The van der Waals surface area contributed by atoms with Crippen molar-refractivity contribution in [2.75, 3.05) is 11.5 Å². The molecule has 2 aromatic rings. The third kappa shape index (κ3) is 4.26. The number of nitrogens with one attached hydrogen (secondary N) is 1. The van der Waals surface area contributed by atoms with Crippen molar-refractivity contribution in [2.45, 2.75) is 26.4 Å². The largest absolute Gasteiger partial charge is 0.482 e. The maximum atomic E-state index is 12.7. The van der Waals surface area contributed by atoms with E-state index < -0.39 is 12.0 Å². The van der Waals surface area contributed by atoms with E-state index in [1.807, 2.05) is 0 Å². The fourth-order valence-electron chi connectivity index (χ4n) is 3.03. The first-order valence-corrected chi connectivity index (χ1v) is 8.97. The highest BCUT2D eigenvalue weighted by Gasteiger charge is 2.33. The molecule has 0 saturated heterocycles. The van der Waals surface area contributed by atoms with Crippen LogP contribution >= 0.6 is 0 Å². The van der Waals surface area contributed by atoms with Crippen LogP contribution in [0.1, 0.15) is 40.1 Å². The van der Waals surface area contributed by atoms with Crippen molar-refractivity contribution in [1.29, 1.82) is 0 Å². The van der Waals surface area contributed by atoms with Gasteiger partial charge in [0.05, 0.1) is 11.3 Å². The lowest BCUT2D eigenvalue weighted by Gasteiger charge is -2.33. The molecule has 1 aliphatic rings. The summed E-state index contributed by atoms with van der Waals surface area (Å²) in [6.45, 7) is 3.00. The number of aromatic carboxylic acids is 1. The maximum Gasteiger partial charge on any atom is 0.335 e. The molecule has 0 aliphatic carbocycles. The Labute approximate surface area is 167 Å². The van der Waals surface area contributed by atoms with E-state index in [2.05, 4.69) is 5.32 Å². The lowest BCUT2D eigenvalue weighted by molar-refractivity contribution is -0.127. The molecule has 1 atom stereocenters. The van der Waals surface area contributed by atoms with Crippen molar-refractivity contribution in [3.63, 3.8) is 0 Å². The highest BCUT2D eigenvalue weighted by molar-refractivity contribution is 6.05. The number of carbonyl (C=O) groups is 4. The Morgan fingerprint density at radius 1 is 1.14 bits per heavy atom. The van der Waals surface area contributed by atoms with Crippen LogP contribution < -0.4 is 15.0 Å². The second-order valence-corrected chi connectivity index (χ2v) is 6.69.